The van der Waals surface area contributed by atoms with E-state index < -0.39 is 10.0 Å². The molecule has 0 bridgehead atoms. The molecule has 0 amide bonds. The SMILES string of the molecule is O=S(=O)(c1ccccc1)N1CCC[C@@H](c2nc(-c3ccc(F)cc3)no2)C1. The fourth-order valence-electron chi connectivity index (χ4n) is 3.22. The summed E-state index contributed by atoms with van der Waals surface area (Å²) in [6.45, 7) is 0.759. The zero-order chi connectivity index (χ0) is 18.9. The van der Waals surface area contributed by atoms with Crippen LogP contribution in [0.1, 0.15) is 24.7 Å². The maximum atomic E-state index is 13.1. The van der Waals surface area contributed by atoms with Crippen LogP contribution in [0, 0.1) is 5.82 Å². The Kier molecular flexibility index (Phi) is 4.75. The zero-order valence-electron chi connectivity index (χ0n) is 14.5. The van der Waals surface area contributed by atoms with Gasteiger partial charge in [0.15, 0.2) is 0 Å². The summed E-state index contributed by atoms with van der Waals surface area (Å²) in [5, 5.41) is 3.96. The van der Waals surface area contributed by atoms with E-state index in [0.717, 1.165) is 6.42 Å². The van der Waals surface area contributed by atoms with E-state index in [9.17, 15) is 12.8 Å². The molecule has 0 saturated carbocycles. The standard InChI is InChI=1S/C19H18FN3O3S/c20-16-10-8-14(9-11-16)18-21-19(26-22-18)15-5-4-12-23(13-15)27(24,25)17-6-2-1-3-7-17/h1-3,6-11,15H,4-5,12-13H2/t15-/m1/s1. The molecular formula is C19H18FN3O3S. The summed E-state index contributed by atoms with van der Waals surface area (Å²) in [7, 11) is -3.55. The summed E-state index contributed by atoms with van der Waals surface area (Å²) in [6.07, 6.45) is 1.48. The smallest absolute Gasteiger partial charge is 0.243 e. The Hall–Kier alpha value is -2.58. The predicted octanol–water partition coefficient (Wildman–Crippen LogP) is 3.44. The average Bonchev–Trinajstić information content (AvgIpc) is 3.20. The van der Waals surface area contributed by atoms with Crippen LogP contribution in [0.5, 0.6) is 0 Å². The zero-order valence-corrected chi connectivity index (χ0v) is 15.3. The van der Waals surface area contributed by atoms with Gasteiger partial charge in [0.2, 0.25) is 21.7 Å². The first-order valence-electron chi connectivity index (χ1n) is 8.69. The first-order chi connectivity index (χ1) is 13.0. The van der Waals surface area contributed by atoms with Gasteiger partial charge in [0.25, 0.3) is 0 Å². The quantitative estimate of drug-likeness (QED) is 0.685. The van der Waals surface area contributed by atoms with E-state index in [-0.39, 0.29) is 16.6 Å². The molecule has 0 unspecified atom stereocenters. The number of aromatic nitrogens is 2. The maximum absolute atomic E-state index is 13.1. The van der Waals surface area contributed by atoms with Crippen LogP contribution in [0.2, 0.25) is 0 Å². The third-order valence-electron chi connectivity index (χ3n) is 4.66. The van der Waals surface area contributed by atoms with Gasteiger partial charge in [-0.05, 0) is 49.2 Å². The summed E-state index contributed by atoms with van der Waals surface area (Å²) in [6, 6.07) is 14.2. The molecule has 1 atom stereocenters. The lowest BCUT2D eigenvalue weighted by Gasteiger charge is -2.30. The van der Waals surface area contributed by atoms with Crippen molar-refractivity contribution in [3.63, 3.8) is 0 Å². The van der Waals surface area contributed by atoms with Gasteiger partial charge in [-0.25, -0.2) is 12.8 Å². The lowest BCUT2D eigenvalue weighted by molar-refractivity contribution is 0.265. The van der Waals surface area contributed by atoms with Gasteiger partial charge in [-0.2, -0.15) is 9.29 Å². The van der Waals surface area contributed by atoms with Crippen molar-refractivity contribution in [3.8, 4) is 11.4 Å². The molecule has 1 aromatic heterocycles. The fourth-order valence-corrected chi connectivity index (χ4v) is 4.77. The van der Waals surface area contributed by atoms with E-state index in [2.05, 4.69) is 10.1 Å². The number of hydrogen-bond donors (Lipinski definition) is 0. The Morgan fingerprint density at radius 1 is 1.07 bits per heavy atom. The molecule has 8 heteroatoms. The summed E-state index contributed by atoms with van der Waals surface area (Å²) >= 11 is 0. The number of benzene rings is 2. The lowest BCUT2D eigenvalue weighted by atomic mass is 10.00. The molecule has 0 aliphatic carbocycles. The van der Waals surface area contributed by atoms with E-state index in [0.29, 0.717) is 36.8 Å². The molecular weight excluding hydrogens is 369 g/mol. The van der Waals surface area contributed by atoms with Crippen LogP contribution in [0.3, 0.4) is 0 Å². The van der Waals surface area contributed by atoms with Crippen LogP contribution in [-0.2, 0) is 10.0 Å². The van der Waals surface area contributed by atoms with Crippen LogP contribution >= 0.6 is 0 Å². The first kappa shape index (κ1) is 17.8. The third-order valence-corrected chi connectivity index (χ3v) is 6.54. The van der Waals surface area contributed by atoms with E-state index >= 15 is 0 Å². The summed E-state index contributed by atoms with van der Waals surface area (Å²) in [5.41, 5.74) is 0.649. The molecule has 6 nitrogen and oxygen atoms in total. The summed E-state index contributed by atoms with van der Waals surface area (Å²) in [4.78, 5) is 4.68. The number of hydrogen-bond acceptors (Lipinski definition) is 5. The van der Waals surface area contributed by atoms with Crippen LogP contribution in [0.4, 0.5) is 4.39 Å². The minimum atomic E-state index is -3.55. The Morgan fingerprint density at radius 3 is 2.56 bits per heavy atom. The van der Waals surface area contributed by atoms with Gasteiger partial charge >= 0.3 is 0 Å². The molecule has 0 N–H and O–H groups in total. The number of sulfonamides is 1. The second-order valence-corrected chi connectivity index (χ2v) is 8.42. The van der Waals surface area contributed by atoms with Crippen molar-refractivity contribution in [2.24, 2.45) is 0 Å². The highest BCUT2D eigenvalue weighted by Gasteiger charge is 2.33. The Morgan fingerprint density at radius 2 is 1.81 bits per heavy atom. The first-order valence-corrected chi connectivity index (χ1v) is 10.1. The van der Waals surface area contributed by atoms with Crippen molar-refractivity contribution in [2.75, 3.05) is 13.1 Å². The highest BCUT2D eigenvalue weighted by atomic mass is 32.2. The van der Waals surface area contributed by atoms with Gasteiger partial charge in [0.1, 0.15) is 5.82 Å². The minimum absolute atomic E-state index is 0.168. The molecule has 1 saturated heterocycles. The molecule has 4 rings (SSSR count). The van der Waals surface area contributed by atoms with Crippen molar-refractivity contribution in [3.05, 3.63) is 66.3 Å². The number of rotatable bonds is 4. The highest BCUT2D eigenvalue weighted by molar-refractivity contribution is 7.89. The van der Waals surface area contributed by atoms with Gasteiger partial charge in [-0.15, -0.1) is 0 Å². The van der Waals surface area contributed by atoms with Crippen molar-refractivity contribution in [2.45, 2.75) is 23.7 Å². The normalized spacial score (nSPS) is 18.5. The van der Waals surface area contributed by atoms with Crippen molar-refractivity contribution >= 4 is 10.0 Å². The van der Waals surface area contributed by atoms with Gasteiger partial charge < -0.3 is 4.52 Å². The van der Waals surface area contributed by atoms with E-state index in [4.69, 9.17) is 4.52 Å². The summed E-state index contributed by atoms with van der Waals surface area (Å²) in [5.74, 6) is 0.269. The lowest BCUT2D eigenvalue weighted by Crippen LogP contribution is -2.39. The molecule has 2 aromatic carbocycles. The van der Waals surface area contributed by atoms with Gasteiger partial charge in [-0.3, -0.25) is 0 Å². The van der Waals surface area contributed by atoms with Crippen LogP contribution in [0.25, 0.3) is 11.4 Å². The maximum Gasteiger partial charge on any atom is 0.243 e. The Labute approximate surface area is 156 Å². The van der Waals surface area contributed by atoms with Crippen molar-refractivity contribution < 1.29 is 17.3 Å². The monoisotopic (exact) mass is 387 g/mol. The molecule has 1 fully saturated rings. The van der Waals surface area contributed by atoms with Crippen molar-refractivity contribution in [1.29, 1.82) is 0 Å². The molecule has 3 aromatic rings. The van der Waals surface area contributed by atoms with Crippen molar-refractivity contribution in [1.82, 2.24) is 14.4 Å². The van der Waals surface area contributed by atoms with Gasteiger partial charge in [0.05, 0.1) is 10.8 Å². The Bertz CT molecular complexity index is 1020. The predicted molar refractivity (Wildman–Crippen MR) is 96.9 cm³/mol. The molecule has 140 valence electrons. The van der Waals surface area contributed by atoms with Crippen LogP contribution < -0.4 is 0 Å². The van der Waals surface area contributed by atoms with Gasteiger partial charge in [0, 0.05) is 18.7 Å². The molecule has 0 spiro atoms. The largest absolute Gasteiger partial charge is 0.339 e. The molecule has 2 heterocycles. The Balaban J connectivity index is 1.55. The molecule has 1 aliphatic rings. The fraction of sp³-hybridized carbons (Fsp3) is 0.263. The van der Waals surface area contributed by atoms with Gasteiger partial charge in [-0.1, -0.05) is 23.4 Å². The molecule has 27 heavy (non-hydrogen) atoms. The second kappa shape index (κ2) is 7.21. The highest BCUT2D eigenvalue weighted by Crippen LogP contribution is 2.30. The number of halogens is 1. The number of nitrogens with zero attached hydrogens (tertiary/aromatic N) is 3. The third kappa shape index (κ3) is 3.63. The van der Waals surface area contributed by atoms with E-state index in [1.54, 1.807) is 42.5 Å². The number of piperidine rings is 1. The molecule has 1 aliphatic heterocycles. The van der Waals surface area contributed by atoms with Crippen LogP contribution in [0.15, 0.2) is 64.0 Å². The minimum Gasteiger partial charge on any atom is -0.339 e. The van der Waals surface area contributed by atoms with Crippen LogP contribution in [-0.4, -0.2) is 36.0 Å². The van der Waals surface area contributed by atoms with E-state index in [1.165, 1.54) is 16.4 Å². The average molecular weight is 387 g/mol. The molecule has 0 radical (unpaired) electrons. The van der Waals surface area contributed by atoms with E-state index in [1.807, 2.05) is 0 Å². The summed E-state index contributed by atoms with van der Waals surface area (Å²) < 4.78 is 45.6. The second-order valence-electron chi connectivity index (χ2n) is 6.48. The topological polar surface area (TPSA) is 76.3 Å².